The van der Waals surface area contributed by atoms with Crippen molar-refractivity contribution in [2.75, 3.05) is 13.7 Å². The average molecular weight is 209 g/mol. The lowest BCUT2D eigenvalue weighted by Crippen LogP contribution is -2.46. The zero-order valence-corrected chi connectivity index (χ0v) is 9.72. The maximum atomic E-state index is 11.8. The van der Waals surface area contributed by atoms with E-state index in [1.54, 1.807) is 27.7 Å². The molecule has 0 saturated heterocycles. The van der Waals surface area contributed by atoms with Gasteiger partial charge in [0.2, 0.25) is 10.0 Å². The van der Waals surface area contributed by atoms with Gasteiger partial charge in [-0.1, -0.05) is 0 Å². The van der Waals surface area contributed by atoms with Gasteiger partial charge in [0.1, 0.15) is 0 Å². The van der Waals surface area contributed by atoms with E-state index in [4.69, 9.17) is 5.11 Å². The Morgan fingerprint density at radius 1 is 1.38 bits per heavy atom. The van der Waals surface area contributed by atoms with Gasteiger partial charge in [-0.25, -0.2) is 8.42 Å². The summed E-state index contributed by atoms with van der Waals surface area (Å²) >= 11 is 0. The molecule has 1 atom stereocenters. The molecule has 5 heteroatoms. The van der Waals surface area contributed by atoms with Gasteiger partial charge in [-0.15, -0.1) is 0 Å². The van der Waals surface area contributed by atoms with E-state index in [0.29, 0.717) is 0 Å². The highest BCUT2D eigenvalue weighted by Crippen LogP contribution is 2.20. The van der Waals surface area contributed by atoms with Gasteiger partial charge in [0, 0.05) is 13.1 Å². The lowest BCUT2D eigenvalue weighted by Gasteiger charge is -2.30. The van der Waals surface area contributed by atoms with Gasteiger partial charge in [-0.2, -0.15) is 4.31 Å². The highest BCUT2D eigenvalue weighted by molar-refractivity contribution is 7.90. The van der Waals surface area contributed by atoms with Crippen LogP contribution in [0.25, 0.3) is 0 Å². The normalized spacial score (nSPS) is 16.2. The van der Waals surface area contributed by atoms with Crippen molar-refractivity contribution in [1.82, 2.24) is 4.31 Å². The summed E-state index contributed by atoms with van der Waals surface area (Å²) in [6.07, 6.45) is 0. The first kappa shape index (κ1) is 12.9. The molecule has 13 heavy (non-hydrogen) atoms. The number of rotatable bonds is 3. The van der Waals surface area contributed by atoms with Crippen LogP contribution in [0.4, 0.5) is 0 Å². The van der Waals surface area contributed by atoms with Crippen LogP contribution in [-0.4, -0.2) is 42.3 Å². The molecule has 0 bridgehead atoms. The SMILES string of the molecule is CC(CO)N(C)S(=O)(=O)C(C)(C)C. The van der Waals surface area contributed by atoms with Crippen LogP contribution in [0.1, 0.15) is 27.7 Å². The van der Waals surface area contributed by atoms with Gasteiger partial charge >= 0.3 is 0 Å². The number of sulfonamides is 1. The molecule has 0 aliphatic heterocycles. The number of hydrogen-bond donors (Lipinski definition) is 1. The van der Waals surface area contributed by atoms with Crippen LogP contribution < -0.4 is 0 Å². The molecule has 0 aliphatic carbocycles. The molecule has 0 fully saturated rings. The zero-order chi connectivity index (χ0) is 10.9. The largest absolute Gasteiger partial charge is 0.395 e. The summed E-state index contributed by atoms with van der Waals surface area (Å²) in [7, 11) is -1.83. The Bertz CT molecular complexity index is 253. The minimum absolute atomic E-state index is 0.161. The Morgan fingerprint density at radius 3 is 2.00 bits per heavy atom. The quantitative estimate of drug-likeness (QED) is 0.733. The average Bonchev–Trinajstić information content (AvgIpc) is 1.99. The summed E-state index contributed by atoms with van der Waals surface area (Å²) in [5, 5.41) is 8.83. The smallest absolute Gasteiger partial charge is 0.219 e. The van der Waals surface area contributed by atoms with Gasteiger partial charge in [-0.3, -0.25) is 0 Å². The molecule has 0 heterocycles. The number of hydrogen-bond acceptors (Lipinski definition) is 3. The van der Waals surface area contributed by atoms with Gasteiger partial charge in [0.25, 0.3) is 0 Å². The molecule has 0 rings (SSSR count). The van der Waals surface area contributed by atoms with E-state index >= 15 is 0 Å². The molecule has 0 amide bonds. The maximum absolute atomic E-state index is 11.8. The Hall–Kier alpha value is -0.130. The van der Waals surface area contributed by atoms with Crippen molar-refractivity contribution in [3.05, 3.63) is 0 Å². The molecule has 0 aromatic carbocycles. The van der Waals surface area contributed by atoms with Crippen molar-refractivity contribution in [1.29, 1.82) is 0 Å². The number of aliphatic hydroxyl groups is 1. The van der Waals surface area contributed by atoms with Crippen LogP contribution >= 0.6 is 0 Å². The molecule has 0 aliphatic rings. The first-order valence-electron chi connectivity index (χ1n) is 4.23. The second-order valence-corrected chi connectivity index (χ2v) is 6.92. The molecule has 0 saturated carbocycles. The van der Waals surface area contributed by atoms with E-state index in [2.05, 4.69) is 0 Å². The van der Waals surface area contributed by atoms with E-state index in [1.165, 1.54) is 11.4 Å². The molecule has 80 valence electrons. The standard InChI is InChI=1S/C8H19NO3S/c1-7(6-10)9(5)13(11,12)8(2,3)4/h7,10H,6H2,1-5H3. The third kappa shape index (κ3) is 2.65. The molecular formula is C8H19NO3S. The summed E-state index contributed by atoms with van der Waals surface area (Å²) in [4.78, 5) is 0. The zero-order valence-electron chi connectivity index (χ0n) is 8.90. The van der Waals surface area contributed by atoms with E-state index in [9.17, 15) is 8.42 Å². The van der Waals surface area contributed by atoms with Crippen LogP contribution in [-0.2, 0) is 10.0 Å². The monoisotopic (exact) mass is 209 g/mol. The van der Waals surface area contributed by atoms with Crippen LogP contribution in [0, 0.1) is 0 Å². The van der Waals surface area contributed by atoms with E-state index in [0.717, 1.165) is 0 Å². The fourth-order valence-electron chi connectivity index (χ4n) is 0.784. The fraction of sp³-hybridized carbons (Fsp3) is 1.00. The molecule has 0 aromatic rings. The minimum Gasteiger partial charge on any atom is -0.395 e. The summed E-state index contributed by atoms with van der Waals surface area (Å²) in [5.41, 5.74) is 0. The molecule has 4 nitrogen and oxygen atoms in total. The van der Waals surface area contributed by atoms with Crippen LogP contribution in [0.2, 0.25) is 0 Å². The van der Waals surface area contributed by atoms with Crippen LogP contribution in [0.5, 0.6) is 0 Å². The number of nitrogens with zero attached hydrogens (tertiary/aromatic N) is 1. The second-order valence-electron chi connectivity index (χ2n) is 4.17. The van der Waals surface area contributed by atoms with Crippen molar-refractivity contribution in [3.63, 3.8) is 0 Å². The van der Waals surface area contributed by atoms with Gasteiger partial charge in [0.15, 0.2) is 0 Å². The molecule has 0 spiro atoms. The Morgan fingerprint density at radius 2 is 1.77 bits per heavy atom. The summed E-state index contributed by atoms with van der Waals surface area (Å²) < 4.78 is 23.9. The molecule has 1 N–H and O–H groups in total. The Kier molecular flexibility index (Phi) is 3.90. The molecular weight excluding hydrogens is 190 g/mol. The predicted molar refractivity (Wildman–Crippen MR) is 53.0 cm³/mol. The van der Waals surface area contributed by atoms with E-state index in [-0.39, 0.29) is 12.6 Å². The highest BCUT2D eigenvalue weighted by atomic mass is 32.2. The van der Waals surface area contributed by atoms with E-state index in [1.807, 2.05) is 0 Å². The van der Waals surface area contributed by atoms with Crippen molar-refractivity contribution < 1.29 is 13.5 Å². The number of aliphatic hydroxyl groups excluding tert-OH is 1. The third-order valence-corrected chi connectivity index (χ3v) is 4.70. The lowest BCUT2D eigenvalue weighted by molar-refractivity contribution is 0.212. The number of likely N-dealkylation sites (N-methyl/N-ethyl adjacent to an activating group) is 1. The summed E-state index contributed by atoms with van der Waals surface area (Å²) in [6, 6.07) is -0.371. The van der Waals surface area contributed by atoms with Crippen molar-refractivity contribution in [2.45, 2.75) is 38.5 Å². The second kappa shape index (κ2) is 3.94. The summed E-state index contributed by atoms with van der Waals surface area (Å²) in [5.74, 6) is 0. The van der Waals surface area contributed by atoms with Crippen molar-refractivity contribution >= 4 is 10.0 Å². The third-order valence-electron chi connectivity index (χ3n) is 2.04. The van der Waals surface area contributed by atoms with Crippen LogP contribution in [0.15, 0.2) is 0 Å². The summed E-state index contributed by atoms with van der Waals surface area (Å²) in [6.45, 7) is 6.43. The Labute approximate surface area is 80.6 Å². The van der Waals surface area contributed by atoms with Crippen LogP contribution in [0.3, 0.4) is 0 Å². The Balaban J connectivity index is 4.87. The van der Waals surface area contributed by atoms with Crippen molar-refractivity contribution in [2.24, 2.45) is 0 Å². The minimum atomic E-state index is -3.31. The topological polar surface area (TPSA) is 57.6 Å². The van der Waals surface area contributed by atoms with Gasteiger partial charge in [0.05, 0.1) is 11.4 Å². The maximum Gasteiger partial charge on any atom is 0.219 e. The lowest BCUT2D eigenvalue weighted by atomic mass is 10.3. The molecule has 0 radical (unpaired) electrons. The first-order valence-corrected chi connectivity index (χ1v) is 5.67. The predicted octanol–water partition coefficient (Wildman–Crippen LogP) is 0.427. The highest BCUT2D eigenvalue weighted by Gasteiger charge is 2.34. The van der Waals surface area contributed by atoms with Gasteiger partial charge < -0.3 is 5.11 Å². The van der Waals surface area contributed by atoms with Crippen molar-refractivity contribution in [3.8, 4) is 0 Å². The molecule has 1 unspecified atom stereocenters. The fourth-order valence-corrected chi connectivity index (χ4v) is 2.19. The van der Waals surface area contributed by atoms with Gasteiger partial charge in [-0.05, 0) is 27.7 Å². The molecule has 0 aromatic heterocycles. The first-order chi connectivity index (χ1) is 5.64. The van der Waals surface area contributed by atoms with E-state index < -0.39 is 14.8 Å².